The number of nitrogens with zero attached hydrogens (tertiary/aromatic N) is 1. The van der Waals surface area contributed by atoms with Gasteiger partial charge < -0.3 is 4.74 Å². The zero-order valence-corrected chi connectivity index (χ0v) is 8.25. The second-order valence-electron chi connectivity index (χ2n) is 3.03. The number of nitro benzene ring substituents is 1. The van der Waals surface area contributed by atoms with Crippen molar-refractivity contribution in [1.82, 2.24) is 0 Å². The van der Waals surface area contributed by atoms with Crippen LogP contribution in [0.1, 0.15) is 11.1 Å². The Morgan fingerprint density at radius 2 is 2.06 bits per heavy atom. The van der Waals surface area contributed by atoms with Crippen molar-refractivity contribution in [2.24, 2.45) is 0 Å². The Hall–Kier alpha value is -1.63. The fourth-order valence-corrected chi connectivity index (χ4v) is 1.22. The van der Waals surface area contributed by atoms with Crippen molar-refractivity contribution in [3.8, 4) is 0 Å². The maximum atomic E-state index is 12.5. The molecule has 88 valence electrons. The number of alkyl halides is 3. The highest BCUT2D eigenvalue weighted by molar-refractivity contribution is 5.41. The van der Waals surface area contributed by atoms with Crippen molar-refractivity contribution in [3.05, 3.63) is 39.4 Å². The summed E-state index contributed by atoms with van der Waals surface area (Å²) in [5, 5.41) is 10.4. The monoisotopic (exact) mass is 235 g/mol. The summed E-state index contributed by atoms with van der Waals surface area (Å²) in [6.07, 6.45) is -4.63. The highest BCUT2D eigenvalue weighted by Crippen LogP contribution is 2.34. The van der Waals surface area contributed by atoms with Gasteiger partial charge in [0.25, 0.3) is 5.69 Å². The third kappa shape index (κ3) is 2.69. The van der Waals surface area contributed by atoms with Crippen LogP contribution in [0.3, 0.4) is 0 Å². The van der Waals surface area contributed by atoms with Crippen LogP contribution in [0.5, 0.6) is 0 Å². The van der Waals surface area contributed by atoms with Gasteiger partial charge in [0.15, 0.2) is 0 Å². The van der Waals surface area contributed by atoms with E-state index in [1.54, 1.807) is 0 Å². The second kappa shape index (κ2) is 4.48. The molecule has 4 nitrogen and oxygen atoms in total. The van der Waals surface area contributed by atoms with E-state index in [-0.39, 0.29) is 12.2 Å². The third-order valence-electron chi connectivity index (χ3n) is 1.91. The molecule has 0 aromatic heterocycles. The van der Waals surface area contributed by atoms with Gasteiger partial charge >= 0.3 is 6.18 Å². The lowest BCUT2D eigenvalue weighted by atomic mass is 10.1. The summed E-state index contributed by atoms with van der Waals surface area (Å²) in [4.78, 5) is 9.49. The minimum Gasteiger partial charge on any atom is -0.380 e. The SMILES string of the molecule is COCc1ccc([N+](=O)[O-])cc1C(F)(F)F. The number of nitro groups is 1. The zero-order chi connectivity index (χ0) is 12.3. The number of methoxy groups -OCH3 is 1. The van der Waals surface area contributed by atoms with Crippen LogP contribution in [-0.4, -0.2) is 12.0 Å². The molecule has 0 fully saturated rings. The largest absolute Gasteiger partial charge is 0.417 e. The molecule has 0 aliphatic rings. The number of non-ortho nitro benzene ring substituents is 1. The Labute approximate surface area is 88.8 Å². The Balaban J connectivity index is 3.27. The van der Waals surface area contributed by atoms with E-state index in [4.69, 9.17) is 0 Å². The molecule has 0 saturated heterocycles. The van der Waals surface area contributed by atoms with Crippen LogP contribution >= 0.6 is 0 Å². The number of ether oxygens (including phenoxy) is 1. The molecule has 0 aliphatic carbocycles. The van der Waals surface area contributed by atoms with Crippen molar-refractivity contribution in [2.45, 2.75) is 12.8 Å². The predicted octanol–water partition coefficient (Wildman–Crippen LogP) is 2.76. The van der Waals surface area contributed by atoms with Crippen molar-refractivity contribution in [3.63, 3.8) is 0 Å². The average molecular weight is 235 g/mol. The molecule has 0 radical (unpaired) electrons. The van der Waals surface area contributed by atoms with Gasteiger partial charge in [-0.15, -0.1) is 0 Å². The molecule has 0 N–H and O–H groups in total. The van der Waals surface area contributed by atoms with E-state index in [1.807, 2.05) is 0 Å². The second-order valence-corrected chi connectivity index (χ2v) is 3.03. The molecule has 0 atom stereocenters. The van der Waals surface area contributed by atoms with Crippen LogP contribution < -0.4 is 0 Å². The number of halogens is 3. The van der Waals surface area contributed by atoms with Crippen molar-refractivity contribution in [1.29, 1.82) is 0 Å². The molecule has 0 heterocycles. The number of benzene rings is 1. The van der Waals surface area contributed by atoms with Crippen molar-refractivity contribution < 1.29 is 22.8 Å². The van der Waals surface area contributed by atoms with Gasteiger partial charge in [-0.25, -0.2) is 0 Å². The molecule has 7 heteroatoms. The van der Waals surface area contributed by atoms with Crippen molar-refractivity contribution >= 4 is 5.69 Å². The molecule has 0 saturated carbocycles. The minimum atomic E-state index is -4.63. The Kier molecular flexibility index (Phi) is 3.48. The lowest BCUT2D eigenvalue weighted by molar-refractivity contribution is -0.385. The first kappa shape index (κ1) is 12.4. The summed E-state index contributed by atoms with van der Waals surface area (Å²) < 4.78 is 42.2. The van der Waals surface area contributed by atoms with E-state index in [9.17, 15) is 23.3 Å². The van der Waals surface area contributed by atoms with E-state index < -0.39 is 22.4 Å². The maximum absolute atomic E-state index is 12.5. The topological polar surface area (TPSA) is 52.4 Å². The summed E-state index contributed by atoms with van der Waals surface area (Å²) in [5.74, 6) is 0. The van der Waals surface area contributed by atoms with Gasteiger partial charge in [0.05, 0.1) is 17.1 Å². The van der Waals surface area contributed by atoms with Crippen LogP contribution in [0, 0.1) is 10.1 Å². The van der Waals surface area contributed by atoms with Gasteiger partial charge in [-0.1, -0.05) is 0 Å². The lowest BCUT2D eigenvalue weighted by Crippen LogP contribution is -2.10. The van der Waals surface area contributed by atoms with Crippen LogP contribution in [-0.2, 0) is 17.5 Å². The predicted molar refractivity (Wildman–Crippen MR) is 48.8 cm³/mol. The molecule has 1 aromatic carbocycles. The van der Waals surface area contributed by atoms with E-state index in [0.717, 1.165) is 12.1 Å². The van der Waals surface area contributed by atoms with Gasteiger partial charge in [0.1, 0.15) is 0 Å². The standard InChI is InChI=1S/C9H8F3NO3/c1-16-5-6-2-3-7(13(14)15)4-8(6)9(10,11)12/h2-4H,5H2,1H3. The first-order chi connectivity index (χ1) is 7.36. The van der Waals surface area contributed by atoms with E-state index in [0.29, 0.717) is 6.07 Å². The van der Waals surface area contributed by atoms with Gasteiger partial charge in [-0.2, -0.15) is 13.2 Å². The number of rotatable bonds is 3. The minimum absolute atomic E-state index is 0.124. The van der Waals surface area contributed by atoms with Crippen LogP contribution in [0.2, 0.25) is 0 Å². The first-order valence-corrected chi connectivity index (χ1v) is 4.19. The Morgan fingerprint density at radius 1 is 1.44 bits per heavy atom. The first-order valence-electron chi connectivity index (χ1n) is 4.19. The van der Waals surface area contributed by atoms with Crippen LogP contribution in [0.25, 0.3) is 0 Å². The molecule has 0 unspecified atom stereocenters. The molecule has 1 aromatic rings. The van der Waals surface area contributed by atoms with E-state index >= 15 is 0 Å². The molecular formula is C9H8F3NO3. The highest BCUT2D eigenvalue weighted by Gasteiger charge is 2.34. The maximum Gasteiger partial charge on any atom is 0.417 e. The van der Waals surface area contributed by atoms with Crippen LogP contribution in [0.4, 0.5) is 18.9 Å². The summed E-state index contributed by atoms with van der Waals surface area (Å²) in [6, 6.07) is 2.57. The summed E-state index contributed by atoms with van der Waals surface area (Å²) in [6.45, 7) is -0.243. The van der Waals surface area contributed by atoms with Gasteiger partial charge in [-0.05, 0) is 11.6 Å². The normalized spacial score (nSPS) is 11.5. The molecule has 16 heavy (non-hydrogen) atoms. The third-order valence-corrected chi connectivity index (χ3v) is 1.91. The van der Waals surface area contributed by atoms with E-state index in [1.165, 1.54) is 7.11 Å². The zero-order valence-electron chi connectivity index (χ0n) is 8.25. The molecule has 0 amide bonds. The van der Waals surface area contributed by atoms with Gasteiger partial charge in [-0.3, -0.25) is 10.1 Å². The Morgan fingerprint density at radius 3 is 2.50 bits per heavy atom. The van der Waals surface area contributed by atoms with Crippen molar-refractivity contribution in [2.75, 3.05) is 7.11 Å². The quantitative estimate of drug-likeness (QED) is 0.597. The summed E-state index contributed by atoms with van der Waals surface area (Å²) >= 11 is 0. The highest BCUT2D eigenvalue weighted by atomic mass is 19.4. The van der Waals surface area contributed by atoms with E-state index in [2.05, 4.69) is 4.74 Å². The number of hydrogen-bond acceptors (Lipinski definition) is 3. The van der Waals surface area contributed by atoms with Gasteiger partial charge in [0.2, 0.25) is 0 Å². The molecule has 0 bridgehead atoms. The molecule has 0 spiro atoms. The smallest absolute Gasteiger partial charge is 0.380 e. The summed E-state index contributed by atoms with van der Waals surface area (Å²) in [5.41, 5.74) is -1.75. The van der Waals surface area contributed by atoms with Gasteiger partial charge in [0, 0.05) is 19.2 Å². The van der Waals surface area contributed by atoms with Crippen LogP contribution in [0.15, 0.2) is 18.2 Å². The molecule has 1 rings (SSSR count). The molecule has 0 aliphatic heterocycles. The molecular weight excluding hydrogens is 227 g/mol. The lowest BCUT2D eigenvalue weighted by Gasteiger charge is -2.11. The average Bonchev–Trinajstić information content (AvgIpc) is 2.16. The number of hydrogen-bond donors (Lipinski definition) is 0. The fourth-order valence-electron chi connectivity index (χ4n) is 1.22. The Bertz CT molecular complexity index is 403. The summed E-state index contributed by atoms with van der Waals surface area (Å²) in [7, 11) is 1.25. The fraction of sp³-hybridized carbons (Fsp3) is 0.333.